The average molecular weight is 388 g/mol. The van der Waals surface area contributed by atoms with E-state index in [0.717, 1.165) is 5.69 Å². The first-order valence-electron chi connectivity index (χ1n) is 8.95. The highest BCUT2D eigenvalue weighted by atomic mass is 16.6. The molecule has 3 aromatic rings. The molecule has 0 fully saturated rings. The Morgan fingerprint density at radius 2 is 1.38 bits per heavy atom. The van der Waals surface area contributed by atoms with Crippen LogP contribution in [0, 0.1) is 0 Å². The van der Waals surface area contributed by atoms with Gasteiger partial charge in [-0.3, -0.25) is 4.79 Å². The van der Waals surface area contributed by atoms with Crippen molar-refractivity contribution in [3.63, 3.8) is 0 Å². The minimum atomic E-state index is -0.608. The molecule has 0 aliphatic heterocycles. The number of azo groups is 1. The third-order valence-corrected chi connectivity index (χ3v) is 3.83. The third kappa shape index (κ3) is 6.28. The van der Waals surface area contributed by atoms with Crippen molar-refractivity contribution in [3.05, 3.63) is 84.9 Å². The molecule has 7 nitrogen and oxygen atoms in total. The Kier molecular flexibility index (Phi) is 6.67. The number of carbonyl (C=O) groups is 2. The maximum Gasteiger partial charge on any atom is 0.415 e. The lowest BCUT2D eigenvalue weighted by atomic mass is 10.3. The zero-order valence-electron chi connectivity index (χ0n) is 15.9. The van der Waals surface area contributed by atoms with E-state index in [9.17, 15) is 9.59 Å². The van der Waals surface area contributed by atoms with Gasteiger partial charge < -0.3 is 15.0 Å². The van der Waals surface area contributed by atoms with Crippen LogP contribution < -0.4 is 10.1 Å². The van der Waals surface area contributed by atoms with Gasteiger partial charge in [0.25, 0.3) is 0 Å². The van der Waals surface area contributed by atoms with E-state index in [4.69, 9.17) is 4.74 Å². The molecule has 0 heterocycles. The molecule has 0 spiro atoms. The molecule has 7 heteroatoms. The summed E-state index contributed by atoms with van der Waals surface area (Å²) in [5, 5.41) is 11.0. The second-order valence-electron chi connectivity index (χ2n) is 6.17. The van der Waals surface area contributed by atoms with Gasteiger partial charge in [0.15, 0.2) is 0 Å². The van der Waals surface area contributed by atoms with Gasteiger partial charge >= 0.3 is 6.09 Å². The Morgan fingerprint density at radius 3 is 2.00 bits per heavy atom. The summed E-state index contributed by atoms with van der Waals surface area (Å²) in [6.07, 6.45) is -0.608. The molecule has 0 aliphatic carbocycles. The van der Waals surface area contributed by atoms with Crippen molar-refractivity contribution in [3.8, 4) is 5.75 Å². The topological polar surface area (TPSA) is 83.4 Å². The molecule has 3 aromatic carbocycles. The van der Waals surface area contributed by atoms with Crippen molar-refractivity contribution in [1.29, 1.82) is 0 Å². The fourth-order valence-corrected chi connectivity index (χ4v) is 2.37. The highest BCUT2D eigenvalue weighted by molar-refractivity contribution is 5.94. The highest BCUT2D eigenvalue weighted by Crippen LogP contribution is 2.20. The maximum atomic E-state index is 12.2. The van der Waals surface area contributed by atoms with E-state index in [0.29, 0.717) is 17.1 Å². The number of hydrogen-bond acceptors (Lipinski definition) is 5. The second-order valence-corrected chi connectivity index (χ2v) is 6.17. The molecule has 0 saturated carbocycles. The minimum absolute atomic E-state index is 0.138. The SMILES string of the molecule is CN(CC(=O)Nc1ccc(N=Nc2ccccc2)cc1)C(=O)Oc1ccccc1. The molecule has 1 N–H and O–H groups in total. The summed E-state index contributed by atoms with van der Waals surface area (Å²) in [6, 6.07) is 25.0. The molecule has 0 aromatic heterocycles. The summed E-state index contributed by atoms with van der Waals surface area (Å²) in [5.41, 5.74) is 2.02. The standard InChI is InChI=1S/C22H20N4O3/c1-26(22(28)29-20-10-6-3-7-11-20)16-21(27)23-17-12-14-19(15-13-17)25-24-18-8-4-2-5-9-18/h2-15H,16H2,1H3,(H,23,27). The van der Waals surface area contributed by atoms with E-state index >= 15 is 0 Å². The Morgan fingerprint density at radius 1 is 0.828 bits per heavy atom. The molecule has 2 amide bonds. The Hall–Kier alpha value is -4.00. The molecule has 0 radical (unpaired) electrons. The average Bonchev–Trinajstić information content (AvgIpc) is 2.74. The molecule has 0 aliphatic rings. The summed E-state index contributed by atoms with van der Waals surface area (Å²) in [6.45, 7) is -0.138. The van der Waals surface area contributed by atoms with Crippen LogP contribution in [0.2, 0.25) is 0 Å². The zero-order chi connectivity index (χ0) is 20.5. The van der Waals surface area contributed by atoms with Gasteiger partial charge in [-0.15, -0.1) is 0 Å². The summed E-state index contributed by atoms with van der Waals surface area (Å²) < 4.78 is 5.19. The number of benzene rings is 3. The number of rotatable bonds is 6. The molecule has 0 bridgehead atoms. The zero-order valence-corrected chi connectivity index (χ0v) is 15.9. The lowest BCUT2D eigenvalue weighted by molar-refractivity contribution is -0.116. The fourth-order valence-electron chi connectivity index (χ4n) is 2.37. The Bertz CT molecular complexity index is 974. The first-order valence-corrected chi connectivity index (χ1v) is 8.95. The van der Waals surface area contributed by atoms with Gasteiger partial charge in [-0.1, -0.05) is 36.4 Å². The molecule has 29 heavy (non-hydrogen) atoms. The normalized spacial score (nSPS) is 10.5. The number of hydrogen-bond donors (Lipinski definition) is 1. The van der Waals surface area contributed by atoms with Crippen LogP contribution in [0.15, 0.2) is 95.2 Å². The maximum absolute atomic E-state index is 12.2. The smallest absolute Gasteiger partial charge is 0.410 e. The van der Waals surface area contributed by atoms with Crippen LogP contribution in [0.1, 0.15) is 0 Å². The van der Waals surface area contributed by atoms with Gasteiger partial charge in [0.1, 0.15) is 12.3 Å². The predicted molar refractivity (Wildman–Crippen MR) is 111 cm³/mol. The summed E-state index contributed by atoms with van der Waals surface area (Å²) >= 11 is 0. The number of amides is 2. The van der Waals surface area contributed by atoms with Crippen molar-refractivity contribution in [1.82, 2.24) is 4.90 Å². The molecule has 0 unspecified atom stereocenters. The van der Waals surface area contributed by atoms with Gasteiger partial charge in [-0.25, -0.2) is 4.79 Å². The quantitative estimate of drug-likeness (QED) is 0.591. The van der Waals surface area contributed by atoms with Crippen LogP contribution in [-0.4, -0.2) is 30.5 Å². The lowest BCUT2D eigenvalue weighted by Crippen LogP contribution is -2.36. The number of carbonyl (C=O) groups excluding carboxylic acids is 2. The Balaban J connectivity index is 1.50. The van der Waals surface area contributed by atoms with Crippen LogP contribution in [0.4, 0.5) is 21.9 Å². The molecule has 146 valence electrons. The molecular weight excluding hydrogens is 368 g/mol. The van der Waals surface area contributed by atoms with E-state index in [1.807, 2.05) is 36.4 Å². The highest BCUT2D eigenvalue weighted by Gasteiger charge is 2.15. The number of nitrogens with zero attached hydrogens (tertiary/aromatic N) is 3. The lowest BCUT2D eigenvalue weighted by Gasteiger charge is -2.16. The molecule has 0 saturated heterocycles. The van der Waals surface area contributed by atoms with E-state index < -0.39 is 6.09 Å². The van der Waals surface area contributed by atoms with E-state index in [2.05, 4.69) is 15.5 Å². The van der Waals surface area contributed by atoms with Crippen molar-refractivity contribution < 1.29 is 14.3 Å². The number of likely N-dealkylation sites (N-methyl/N-ethyl adjacent to an activating group) is 1. The van der Waals surface area contributed by atoms with Crippen LogP contribution >= 0.6 is 0 Å². The van der Waals surface area contributed by atoms with Crippen molar-refractivity contribution in [2.75, 3.05) is 18.9 Å². The summed E-state index contributed by atoms with van der Waals surface area (Å²) in [5.74, 6) is 0.0844. The predicted octanol–water partition coefficient (Wildman–Crippen LogP) is 5.17. The van der Waals surface area contributed by atoms with Gasteiger partial charge in [-0.2, -0.15) is 10.2 Å². The first kappa shape index (κ1) is 19.8. The van der Waals surface area contributed by atoms with Crippen LogP contribution in [-0.2, 0) is 4.79 Å². The first-order chi connectivity index (χ1) is 14.1. The monoisotopic (exact) mass is 388 g/mol. The molecule has 0 atom stereocenters. The van der Waals surface area contributed by atoms with Crippen molar-refractivity contribution in [2.24, 2.45) is 10.2 Å². The van der Waals surface area contributed by atoms with Crippen molar-refractivity contribution in [2.45, 2.75) is 0 Å². The van der Waals surface area contributed by atoms with Crippen molar-refractivity contribution >= 4 is 29.1 Å². The summed E-state index contributed by atoms with van der Waals surface area (Å²) in [7, 11) is 1.50. The third-order valence-electron chi connectivity index (χ3n) is 3.83. The van der Waals surface area contributed by atoms with Gasteiger partial charge in [0, 0.05) is 12.7 Å². The number of nitrogens with one attached hydrogen (secondary N) is 1. The van der Waals surface area contributed by atoms with Gasteiger partial charge in [0.05, 0.1) is 11.4 Å². The Labute approximate surface area is 168 Å². The molecular formula is C22H20N4O3. The number of para-hydroxylation sites is 1. The second kappa shape index (κ2) is 9.80. The minimum Gasteiger partial charge on any atom is -0.410 e. The largest absolute Gasteiger partial charge is 0.415 e. The number of ether oxygens (including phenoxy) is 1. The van der Waals surface area contributed by atoms with E-state index in [1.165, 1.54) is 11.9 Å². The van der Waals surface area contributed by atoms with E-state index in [-0.39, 0.29) is 12.5 Å². The van der Waals surface area contributed by atoms with Crippen LogP contribution in [0.25, 0.3) is 0 Å². The van der Waals surface area contributed by atoms with Crippen LogP contribution in [0.3, 0.4) is 0 Å². The number of anilines is 1. The van der Waals surface area contributed by atoms with Gasteiger partial charge in [-0.05, 0) is 48.5 Å². The fraction of sp³-hybridized carbons (Fsp3) is 0.0909. The van der Waals surface area contributed by atoms with Gasteiger partial charge in [0.2, 0.25) is 5.91 Å². The van der Waals surface area contributed by atoms with Crippen LogP contribution in [0.5, 0.6) is 5.75 Å². The summed E-state index contributed by atoms with van der Waals surface area (Å²) in [4.78, 5) is 25.4. The molecule has 3 rings (SSSR count). The van der Waals surface area contributed by atoms with E-state index in [1.54, 1.807) is 48.5 Å².